The van der Waals surface area contributed by atoms with Crippen LogP contribution in [0.3, 0.4) is 0 Å². The van der Waals surface area contributed by atoms with E-state index < -0.39 is 41.7 Å². The van der Waals surface area contributed by atoms with Crippen LogP contribution >= 0.6 is 0 Å². The van der Waals surface area contributed by atoms with E-state index >= 15 is 0 Å². The van der Waals surface area contributed by atoms with Crippen molar-refractivity contribution in [1.29, 1.82) is 0 Å². The summed E-state index contributed by atoms with van der Waals surface area (Å²) in [6, 6.07) is 5.84. The molecule has 2 aliphatic rings. The first-order valence-corrected chi connectivity index (χ1v) is 13.5. The Morgan fingerprint density at radius 1 is 1.07 bits per heavy atom. The van der Waals surface area contributed by atoms with Gasteiger partial charge in [-0.1, -0.05) is 13.8 Å². The molecule has 14 heteroatoms. The Labute approximate surface area is 243 Å². The predicted octanol–water partition coefficient (Wildman–Crippen LogP) is 7.46. The van der Waals surface area contributed by atoms with Crippen LogP contribution in [0.25, 0.3) is 17.0 Å². The first kappa shape index (κ1) is 30.4. The van der Waals surface area contributed by atoms with Gasteiger partial charge in [-0.2, -0.15) is 31.6 Å². The van der Waals surface area contributed by atoms with Crippen molar-refractivity contribution in [2.24, 2.45) is 5.41 Å². The zero-order valence-corrected chi connectivity index (χ0v) is 23.7. The van der Waals surface area contributed by atoms with Gasteiger partial charge in [-0.05, 0) is 89.9 Å². The second kappa shape index (κ2) is 10.9. The van der Waals surface area contributed by atoms with Crippen molar-refractivity contribution in [3.05, 3.63) is 64.2 Å². The number of rotatable bonds is 6. The standard InChI is InChI=1S/C29H29F6N5O3/c1-15-24(17-9-19(28(30,31)32)12-20(10-17)29(33,34)35)43-26(41)40(15)14-18-13-27(2,3)8-7-21(18)22-11-16(5-6-23(22)42-4)25-36-38-39-37-25/h5-6,9-12,15,24H,7-8,13-14H2,1-4H3,(H,36,37,38,39)/t15-,24-/m0/s1. The summed E-state index contributed by atoms with van der Waals surface area (Å²) in [5.74, 6) is 0.958. The van der Waals surface area contributed by atoms with Crippen molar-refractivity contribution in [2.75, 3.05) is 13.7 Å². The highest BCUT2D eigenvalue weighted by atomic mass is 19.4. The molecule has 0 radical (unpaired) electrons. The number of amides is 1. The lowest BCUT2D eigenvalue weighted by Gasteiger charge is -2.36. The Morgan fingerprint density at radius 2 is 1.74 bits per heavy atom. The largest absolute Gasteiger partial charge is 0.496 e. The second-order valence-electron chi connectivity index (χ2n) is 11.6. The number of cyclic esters (lactones) is 1. The maximum atomic E-state index is 13.5. The van der Waals surface area contributed by atoms with E-state index in [0.717, 1.165) is 23.1 Å². The smallest absolute Gasteiger partial charge is 0.416 e. The van der Waals surface area contributed by atoms with E-state index in [2.05, 4.69) is 34.5 Å². The maximum Gasteiger partial charge on any atom is 0.416 e. The van der Waals surface area contributed by atoms with Gasteiger partial charge < -0.3 is 9.47 Å². The van der Waals surface area contributed by atoms with Gasteiger partial charge in [-0.25, -0.2) is 4.79 Å². The maximum absolute atomic E-state index is 13.5. The molecule has 1 aliphatic carbocycles. The third-order valence-electron chi connectivity index (χ3n) is 7.99. The fourth-order valence-electron chi connectivity index (χ4n) is 5.76. The quantitative estimate of drug-likeness (QED) is 0.292. The summed E-state index contributed by atoms with van der Waals surface area (Å²) in [6.45, 7) is 5.80. The number of allylic oxidation sites excluding steroid dienone is 1. The van der Waals surface area contributed by atoms with Crippen LogP contribution in [0, 0.1) is 5.41 Å². The minimum atomic E-state index is -5.02. The monoisotopic (exact) mass is 609 g/mol. The number of halogens is 6. The number of carbonyl (C=O) groups is 1. The van der Waals surface area contributed by atoms with Gasteiger partial charge in [-0.3, -0.25) is 4.90 Å². The summed E-state index contributed by atoms with van der Waals surface area (Å²) in [7, 11) is 1.54. The average molecular weight is 610 g/mol. The molecule has 0 unspecified atom stereocenters. The number of aromatic nitrogens is 4. The number of H-pyrrole nitrogens is 1. The summed E-state index contributed by atoms with van der Waals surface area (Å²) < 4.78 is 92.2. The number of aromatic amines is 1. The number of nitrogens with one attached hydrogen (secondary N) is 1. The molecule has 1 aliphatic heterocycles. The Balaban J connectivity index is 1.53. The van der Waals surface area contributed by atoms with Crippen LogP contribution < -0.4 is 4.74 Å². The third-order valence-corrected chi connectivity index (χ3v) is 7.99. The topological polar surface area (TPSA) is 93.2 Å². The van der Waals surface area contributed by atoms with Crippen molar-refractivity contribution < 1.29 is 40.6 Å². The number of carbonyl (C=O) groups excluding carboxylic acids is 1. The average Bonchev–Trinajstić information content (AvgIpc) is 3.56. The molecule has 3 aromatic rings. The van der Waals surface area contributed by atoms with Crippen LogP contribution in [0.15, 0.2) is 42.0 Å². The predicted molar refractivity (Wildman–Crippen MR) is 143 cm³/mol. The number of nitrogens with zero attached hydrogens (tertiary/aromatic N) is 4. The molecule has 1 saturated heterocycles. The second-order valence-corrected chi connectivity index (χ2v) is 11.6. The Bertz CT molecular complexity index is 1520. The number of ether oxygens (including phenoxy) is 2. The summed E-state index contributed by atoms with van der Waals surface area (Å²) in [6.07, 6.45) is -10.2. The first-order chi connectivity index (χ1) is 20.1. The number of hydrogen-bond acceptors (Lipinski definition) is 6. The molecule has 5 rings (SSSR count). The molecule has 230 valence electrons. The molecule has 0 spiro atoms. The lowest BCUT2D eigenvalue weighted by molar-refractivity contribution is -0.143. The van der Waals surface area contributed by atoms with Crippen LogP contribution in [0.2, 0.25) is 0 Å². The molecule has 2 heterocycles. The van der Waals surface area contributed by atoms with Gasteiger partial charge in [0.05, 0.1) is 24.3 Å². The first-order valence-electron chi connectivity index (χ1n) is 13.5. The lowest BCUT2D eigenvalue weighted by Crippen LogP contribution is -2.35. The zero-order valence-electron chi connectivity index (χ0n) is 23.7. The number of alkyl halides is 6. The number of benzene rings is 2. The SMILES string of the molecule is COc1ccc(-c2nn[nH]n2)cc1C1=C(CN2C(=O)O[C@H](c3cc(C(F)(F)F)cc(C(F)(F)F)c3)[C@@H]2C)CC(C)(C)CC1. The highest BCUT2D eigenvalue weighted by molar-refractivity contribution is 5.79. The van der Waals surface area contributed by atoms with Crippen LogP contribution in [0.4, 0.5) is 31.1 Å². The fraction of sp³-hybridized carbons (Fsp3) is 0.448. The van der Waals surface area contributed by atoms with Gasteiger partial charge in [0.15, 0.2) is 0 Å². The number of tetrazole rings is 1. The van der Waals surface area contributed by atoms with E-state index in [0.29, 0.717) is 42.1 Å². The molecule has 8 nitrogen and oxygen atoms in total. The van der Waals surface area contributed by atoms with Gasteiger partial charge in [0, 0.05) is 17.7 Å². The van der Waals surface area contributed by atoms with Gasteiger partial charge in [0.1, 0.15) is 11.9 Å². The molecule has 1 amide bonds. The van der Waals surface area contributed by atoms with E-state index in [9.17, 15) is 31.1 Å². The minimum absolute atomic E-state index is 0.0555. The summed E-state index contributed by atoms with van der Waals surface area (Å²) in [4.78, 5) is 14.5. The van der Waals surface area contributed by atoms with E-state index in [1.54, 1.807) is 19.1 Å². The number of hydrogen-bond donors (Lipinski definition) is 1. The van der Waals surface area contributed by atoms with Crippen LogP contribution in [-0.2, 0) is 17.1 Å². The van der Waals surface area contributed by atoms with E-state index in [4.69, 9.17) is 9.47 Å². The minimum Gasteiger partial charge on any atom is -0.496 e. The van der Waals surface area contributed by atoms with Gasteiger partial charge >= 0.3 is 18.4 Å². The van der Waals surface area contributed by atoms with Gasteiger partial charge in [0.2, 0.25) is 5.82 Å². The van der Waals surface area contributed by atoms with Gasteiger partial charge in [0.25, 0.3) is 0 Å². The molecule has 1 aromatic heterocycles. The molecular weight excluding hydrogens is 580 g/mol. The molecule has 43 heavy (non-hydrogen) atoms. The van der Waals surface area contributed by atoms with E-state index in [1.165, 1.54) is 12.0 Å². The molecule has 2 atom stereocenters. The zero-order chi connectivity index (χ0) is 31.3. The highest BCUT2D eigenvalue weighted by Crippen LogP contribution is 2.47. The molecule has 1 fully saturated rings. The molecule has 0 saturated carbocycles. The summed E-state index contributed by atoms with van der Waals surface area (Å²) in [5, 5.41) is 14.1. The summed E-state index contributed by atoms with van der Waals surface area (Å²) >= 11 is 0. The van der Waals surface area contributed by atoms with E-state index in [-0.39, 0.29) is 23.6 Å². The van der Waals surface area contributed by atoms with Crippen LogP contribution in [0.1, 0.15) is 68.4 Å². The van der Waals surface area contributed by atoms with Gasteiger partial charge in [-0.15, -0.1) is 10.2 Å². The van der Waals surface area contributed by atoms with E-state index in [1.807, 2.05) is 6.07 Å². The van der Waals surface area contributed by atoms with Crippen molar-refractivity contribution in [2.45, 2.75) is 64.5 Å². The van der Waals surface area contributed by atoms with Crippen LogP contribution in [-0.4, -0.2) is 51.3 Å². The van der Waals surface area contributed by atoms with Crippen LogP contribution in [0.5, 0.6) is 5.75 Å². The number of methoxy groups -OCH3 is 1. The van der Waals surface area contributed by atoms with Crippen molar-refractivity contribution >= 4 is 11.7 Å². The third kappa shape index (κ3) is 6.18. The Morgan fingerprint density at radius 3 is 2.33 bits per heavy atom. The van der Waals surface area contributed by atoms with Crippen molar-refractivity contribution in [1.82, 2.24) is 25.5 Å². The molecular formula is C29H29F6N5O3. The molecule has 2 aromatic carbocycles. The van der Waals surface area contributed by atoms with Crippen molar-refractivity contribution in [3.63, 3.8) is 0 Å². The Hall–Kier alpha value is -4.10. The normalized spacial score (nSPS) is 20.9. The fourth-order valence-corrected chi connectivity index (χ4v) is 5.76. The lowest BCUT2D eigenvalue weighted by atomic mass is 9.72. The Kier molecular flexibility index (Phi) is 7.68. The van der Waals surface area contributed by atoms with Crippen molar-refractivity contribution in [3.8, 4) is 17.1 Å². The molecule has 0 bridgehead atoms. The highest BCUT2D eigenvalue weighted by Gasteiger charge is 2.44. The summed E-state index contributed by atoms with van der Waals surface area (Å²) in [5.41, 5.74) is -0.198. The molecule has 1 N–H and O–H groups in total.